The van der Waals surface area contributed by atoms with Crippen LogP contribution in [0.5, 0.6) is 5.75 Å². The lowest BCUT2D eigenvalue weighted by molar-refractivity contribution is -0.122. The number of anilines is 2. The fraction of sp³-hybridized carbons (Fsp3) is 0.385. The summed E-state index contributed by atoms with van der Waals surface area (Å²) < 4.78 is 5.30. The first-order chi connectivity index (χ1) is 8.74. The van der Waals surface area contributed by atoms with Gasteiger partial charge in [-0.2, -0.15) is 0 Å². The molecule has 1 aliphatic heterocycles. The van der Waals surface area contributed by atoms with Gasteiger partial charge in [-0.25, -0.2) is 0 Å². The molecule has 1 aromatic carbocycles. The van der Waals surface area contributed by atoms with Crippen molar-refractivity contribution < 1.29 is 14.3 Å². The minimum atomic E-state index is -0.201. The van der Waals surface area contributed by atoms with E-state index in [1.54, 1.807) is 18.2 Å². The average Bonchev–Trinajstić information content (AvgIpc) is 2.27. The molecule has 0 radical (unpaired) electrons. The van der Waals surface area contributed by atoms with Crippen molar-refractivity contribution in [3.63, 3.8) is 0 Å². The summed E-state index contributed by atoms with van der Waals surface area (Å²) in [5, 5.41) is 5.59. The number of para-hydroxylation sites is 1. The summed E-state index contributed by atoms with van der Waals surface area (Å²) >= 11 is 0. The summed E-state index contributed by atoms with van der Waals surface area (Å²) in [6.07, 6.45) is 3.01. The smallest absolute Gasteiger partial charge is 0.262 e. The molecule has 0 aromatic heterocycles. The van der Waals surface area contributed by atoms with Crippen LogP contribution >= 0.6 is 0 Å². The quantitative estimate of drug-likeness (QED) is 0.835. The van der Waals surface area contributed by atoms with Gasteiger partial charge in [-0.1, -0.05) is 12.5 Å². The number of fused-ring (bicyclic) bond motifs is 1. The molecule has 1 saturated carbocycles. The number of rotatable bonds is 2. The predicted octanol–water partition coefficient (Wildman–Crippen LogP) is 1.76. The SMILES string of the molecule is O=C1COc2cccc(NC(=O)C3CCC3)c2N1. The summed E-state index contributed by atoms with van der Waals surface area (Å²) in [4.78, 5) is 23.2. The monoisotopic (exact) mass is 246 g/mol. The molecule has 0 spiro atoms. The third-order valence-corrected chi connectivity index (χ3v) is 3.38. The Labute approximate surface area is 105 Å². The topological polar surface area (TPSA) is 67.4 Å². The first kappa shape index (κ1) is 11.1. The Morgan fingerprint density at radius 1 is 1.39 bits per heavy atom. The fourth-order valence-corrected chi connectivity index (χ4v) is 2.11. The molecular weight excluding hydrogens is 232 g/mol. The highest BCUT2D eigenvalue weighted by Crippen LogP contribution is 2.36. The zero-order valence-electron chi connectivity index (χ0n) is 9.86. The largest absolute Gasteiger partial charge is 0.481 e. The van der Waals surface area contributed by atoms with Gasteiger partial charge < -0.3 is 15.4 Å². The highest BCUT2D eigenvalue weighted by atomic mass is 16.5. The van der Waals surface area contributed by atoms with Gasteiger partial charge in [0.15, 0.2) is 6.61 Å². The second-order valence-electron chi connectivity index (χ2n) is 4.63. The van der Waals surface area contributed by atoms with Gasteiger partial charge in [0, 0.05) is 5.92 Å². The lowest BCUT2D eigenvalue weighted by atomic mass is 9.85. The van der Waals surface area contributed by atoms with Crippen LogP contribution in [0, 0.1) is 5.92 Å². The number of carbonyl (C=O) groups excluding carboxylic acids is 2. The van der Waals surface area contributed by atoms with Gasteiger partial charge in [0.2, 0.25) is 5.91 Å². The van der Waals surface area contributed by atoms with E-state index in [1.807, 2.05) is 0 Å². The van der Waals surface area contributed by atoms with Crippen LogP contribution in [0.15, 0.2) is 18.2 Å². The molecule has 3 rings (SSSR count). The Morgan fingerprint density at radius 3 is 2.94 bits per heavy atom. The van der Waals surface area contributed by atoms with Crippen molar-refractivity contribution >= 4 is 23.2 Å². The van der Waals surface area contributed by atoms with Gasteiger partial charge in [0.25, 0.3) is 5.91 Å². The van der Waals surface area contributed by atoms with Crippen LogP contribution in [-0.2, 0) is 9.59 Å². The molecule has 1 heterocycles. The van der Waals surface area contributed by atoms with Gasteiger partial charge >= 0.3 is 0 Å². The van der Waals surface area contributed by atoms with Crippen molar-refractivity contribution in [1.82, 2.24) is 0 Å². The number of carbonyl (C=O) groups is 2. The van der Waals surface area contributed by atoms with Crippen LogP contribution in [0.1, 0.15) is 19.3 Å². The van der Waals surface area contributed by atoms with Crippen LogP contribution in [0.4, 0.5) is 11.4 Å². The van der Waals surface area contributed by atoms with Gasteiger partial charge in [-0.3, -0.25) is 9.59 Å². The van der Waals surface area contributed by atoms with Crippen molar-refractivity contribution in [3.8, 4) is 5.75 Å². The minimum Gasteiger partial charge on any atom is -0.481 e. The van der Waals surface area contributed by atoms with Gasteiger partial charge in [0.1, 0.15) is 11.4 Å². The highest BCUT2D eigenvalue weighted by Gasteiger charge is 2.27. The van der Waals surface area contributed by atoms with E-state index in [4.69, 9.17) is 4.74 Å². The average molecular weight is 246 g/mol. The Kier molecular flexibility index (Phi) is 2.66. The molecule has 2 N–H and O–H groups in total. The second-order valence-corrected chi connectivity index (χ2v) is 4.63. The number of ether oxygens (including phenoxy) is 1. The molecule has 2 aliphatic rings. The maximum absolute atomic E-state index is 11.9. The minimum absolute atomic E-state index is 0.0209. The van der Waals surface area contributed by atoms with Crippen molar-refractivity contribution in [2.45, 2.75) is 19.3 Å². The summed E-state index contributed by atoms with van der Waals surface area (Å²) in [7, 11) is 0. The fourth-order valence-electron chi connectivity index (χ4n) is 2.11. The maximum atomic E-state index is 11.9. The van der Waals surface area contributed by atoms with Crippen molar-refractivity contribution in [3.05, 3.63) is 18.2 Å². The van der Waals surface area contributed by atoms with E-state index >= 15 is 0 Å². The van der Waals surface area contributed by atoms with Crippen LogP contribution in [0.2, 0.25) is 0 Å². The molecule has 18 heavy (non-hydrogen) atoms. The third kappa shape index (κ3) is 1.92. The van der Waals surface area contributed by atoms with Crippen LogP contribution in [0.25, 0.3) is 0 Å². The lowest BCUT2D eigenvalue weighted by Crippen LogP contribution is -2.30. The van der Waals surface area contributed by atoms with Crippen LogP contribution in [-0.4, -0.2) is 18.4 Å². The van der Waals surface area contributed by atoms with E-state index in [2.05, 4.69) is 10.6 Å². The molecule has 0 unspecified atom stereocenters. The molecule has 0 atom stereocenters. The van der Waals surface area contributed by atoms with Crippen molar-refractivity contribution in [1.29, 1.82) is 0 Å². The predicted molar refractivity (Wildman–Crippen MR) is 66.5 cm³/mol. The zero-order chi connectivity index (χ0) is 12.5. The molecule has 5 nitrogen and oxygen atoms in total. The maximum Gasteiger partial charge on any atom is 0.262 e. The Bertz CT molecular complexity index is 509. The number of hydrogen-bond acceptors (Lipinski definition) is 3. The van der Waals surface area contributed by atoms with Gasteiger partial charge in [-0.15, -0.1) is 0 Å². The Morgan fingerprint density at radius 2 is 2.22 bits per heavy atom. The summed E-state index contributed by atoms with van der Waals surface area (Å²) in [6, 6.07) is 5.34. The van der Waals surface area contributed by atoms with E-state index in [9.17, 15) is 9.59 Å². The van der Waals surface area contributed by atoms with E-state index in [0.717, 1.165) is 19.3 Å². The number of amides is 2. The summed E-state index contributed by atoms with van der Waals surface area (Å²) in [6.45, 7) is 0.0209. The van der Waals surface area contributed by atoms with Gasteiger partial charge in [0.05, 0.1) is 5.69 Å². The number of hydrogen-bond donors (Lipinski definition) is 2. The molecule has 1 fully saturated rings. The van der Waals surface area contributed by atoms with Crippen molar-refractivity contribution in [2.75, 3.05) is 17.2 Å². The molecule has 0 saturated heterocycles. The summed E-state index contributed by atoms with van der Waals surface area (Å²) in [5.41, 5.74) is 1.17. The summed E-state index contributed by atoms with van der Waals surface area (Å²) in [5.74, 6) is 0.532. The molecular formula is C13H14N2O3. The van der Waals surface area contributed by atoms with E-state index < -0.39 is 0 Å². The molecule has 2 amide bonds. The molecule has 94 valence electrons. The second kappa shape index (κ2) is 4.33. The van der Waals surface area contributed by atoms with E-state index in [0.29, 0.717) is 17.1 Å². The Balaban J connectivity index is 1.83. The van der Waals surface area contributed by atoms with Crippen molar-refractivity contribution in [2.24, 2.45) is 5.92 Å². The molecule has 0 bridgehead atoms. The lowest BCUT2D eigenvalue weighted by Gasteiger charge is -2.26. The van der Waals surface area contributed by atoms with Crippen LogP contribution < -0.4 is 15.4 Å². The normalized spacial score (nSPS) is 18.1. The van der Waals surface area contributed by atoms with E-state index in [1.165, 1.54) is 0 Å². The Hall–Kier alpha value is -2.04. The van der Waals surface area contributed by atoms with Gasteiger partial charge in [-0.05, 0) is 25.0 Å². The van der Waals surface area contributed by atoms with E-state index in [-0.39, 0.29) is 24.3 Å². The number of benzene rings is 1. The van der Waals surface area contributed by atoms with Crippen LogP contribution in [0.3, 0.4) is 0 Å². The molecule has 5 heteroatoms. The third-order valence-electron chi connectivity index (χ3n) is 3.38. The number of nitrogens with one attached hydrogen (secondary N) is 2. The first-order valence-corrected chi connectivity index (χ1v) is 6.10. The highest BCUT2D eigenvalue weighted by molar-refractivity contribution is 6.03. The first-order valence-electron chi connectivity index (χ1n) is 6.10. The zero-order valence-corrected chi connectivity index (χ0v) is 9.86. The molecule has 1 aliphatic carbocycles. The standard InChI is InChI=1S/C13H14N2O3/c16-11-7-18-10-6-2-5-9(12(10)15-11)14-13(17)8-3-1-4-8/h2,5-6,8H,1,3-4,7H2,(H,14,17)(H,15,16). The molecule has 1 aromatic rings.